The highest BCUT2D eigenvalue weighted by Gasteiger charge is 2.44. The van der Waals surface area contributed by atoms with Crippen LogP contribution in [0.5, 0.6) is 0 Å². The van der Waals surface area contributed by atoms with Crippen LogP contribution < -0.4 is 5.73 Å². The van der Waals surface area contributed by atoms with Crippen molar-refractivity contribution in [2.75, 3.05) is 19.6 Å². The van der Waals surface area contributed by atoms with E-state index in [4.69, 9.17) is 5.73 Å². The zero-order valence-corrected chi connectivity index (χ0v) is 13.9. The van der Waals surface area contributed by atoms with Gasteiger partial charge >= 0.3 is 0 Å². The quantitative estimate of drug-likeness (QED) is 0.755. The molecule has 0 bridgehead atoms. The van der Waals surface area contributed by atoms with Gasteiger partial charge in [0.25, 0.3) is 5.91 Å². The first-order valence-corrected chi connectivity index (χ1v) is 8.44. The van der Waals surface area contributed by atoms with Crippen LogP contribution in [0.4, 0.5) is 0 Å². The van der Waals surface area contributed by atoms with E-state index in [2.05, 4.69) is 20.0 Å². The van der Waals surface area contributed by atoms with E-state index in [9.17, 15) is 4.79 Å². The average Bonchev–Trinajstić information content (AvgIpc) is 3.30. The van der Waals surface area contributed by atoms with E-state index in [1.165, 1.54) is 6.33 Å². The van der Waals surface area contributed by atoms with Gasteiger partial charge in [-0.1, -0.05) is 30.3 Å². The van der Waals surface area contributed by atoms with Gasteiger partial charge < -0.3 is 10.6 Å². The summed E-state index contributed by atoms with van der Waals surface area (Å²) in [7, 11) is 0. The SMILES string of the molecule is NC(=O)C(CN1CCCC1)(c1ccccc1)n1ncc2cncnc21. The van der Waals surface area contributed by atoms with Crippen LogP contribution in [0.1, 0.15) is 18.4 Å². The monoisotopic (exact) mass is 336 g/mol. The Bertz CT molecular complexity index is 887. The van der Waals surface area contributed by atoms with Crippen molar-refractivity contribution >= 4 is 16.9 Å². The minimum atomic E-state index is -1.11. The molecule has 7 heteroatoms. The minimum absolute atomic E-state index is 0.436. The topological polar surface area (TPSA) is 89.9 Å². The fourth-order valence-electron chi connectivity index (χ4n) is 3.64. The van der Waals surface area contributed by atoms with Crippen LogP contribution >= 0.6 is 0 Å². The number of amides is 1. The molecule has 1 saturated heterocycles. The van der Waals surface area contributed by atoms with Crippen LogP contribution in [0.15, 0.2) is 49.1 Å². The molecule has 0 aliphatic carbocycles. The Morgan fingerprint density at radius 3 is 2.64 bits per heavy atom. The van der Waals surface area contributed by atoms with Crippen LogP contribution in [-0.4, -0.2) is 50.2 Å². The number of carbonyl (C=O) groups excluding carboxylic acids is 1. The fraction of sp³-hybridized carbons (Fsp3) is 0.333. The molecule has 1 unspecified atom stereocenters. The van der Waals surface area contributed by atoms with E-state index in [0.717, 1.165) is 36.9 Å². The number of primary amides is 1. The zero-order valence-electron chi connectivity index (χ0n) is 13.9. The first kappa shape index (κ1) is 15.7. The van der Waals surface area contributed by atoms with Crippen molar-refractivity contribution < 1.29 is 4.79 Å². The minimum Gasteiger partial charge on any atom is -0.367 e. The third-order valence-electron chi connectivity index (χ3n) is 4.90. The van der Waals surface area contributed by atoms with Crippen molar-refractivity contribution in [3.8, 4) is 0 Å². The molecule has 1 aliphatic rings. The van der Waals surface area contributed by atoms with Crippen molar-refractivity contribution in [1.29, 1.82) is 0 Å². The number of nitrogens with zero attached hydrogens (tertiary/aromatic N) is 5. The van der Waals surface area contributed by atoms with Crippen LogP contribution in [-0.2, 0) is 10.3 Å². The predicted molar refractivity (Wildman–Crippen MR) is 93.7 cm³/mol. The number of aromatic nitrogens is 4. The Balaban J connectivity index is 1.94. The smallest absolute Gasteiger partial charge is 0.251 e. The lowest BCUT2D eigenvalue weighted by Gasteiger charge is -2.35. The highest BCUT2D eigenvalue weighted by molar-refractivity contribution is 5.89. The Morgan fingerprint density at radius 1 is 1.16 bits per heavy atom. The van der Waals surface area contributed by atoms with Crippen molar-refractivity contribution in [3.63, 3.8) is 0 Å². The highest BCUT2D eigenvalue weighted by atomic mass is 16.1. The molecule has 2 N–H and O–H groups in total. The molecule has 0 saturated carbocycles. The third kappa shape index (κ3) is 2.56. The van der Waals surface area contributed by atoms with Crippen molar-refractivity contribution in [1.82, 2.24) is 24.6 Å². The van der Waals surface area contributed by atoms with Gasteiger partial charge in [0.05, 0.1) is 11.6 Å². The predicted octanol–water partition coefficient (Wildman–Crippen LogP) is 1.15. The molecule has 0 radical (unpaired) electrons. The van der Waals surface area contributed by atoms with E-state index in [-0.39, 0.29) is 0 Å². The molecule has 3 aromatic rings. The summed E-state index contributed by atoms with van der Waals surface area (Å²) in [5.41, 5.74) is 6.31. The Hall–Kier alpha value is -2.80. The molecular formula is C18H20N6O. The molecule has 128 valence electrons. The highest BCUT2D eigenvalue weighted by Crippen LogP contribution is 2.31. The van der Waals surface area contributed by atoms with Crippen molar-refractivity contribution in [3.05, 3.63) is 54.6 Å². The number of carbonyl (C=O) groups is 1. The van der Waals surface area contributed by atoms with E-state index in [1.807, 2.05) is 30.3 Å². The van der Waals surface area contributed by atoms with Gasteiger partial charge in [0.15, 0.2) is 11.2 Å². The summed E-state index contributed by atoms with van der Waals surface area (Å²) < 4.78 is 1.67. The van der Waals surface area contributed by atoms with E-state index >= 15 is 0 Å². The van der Waals surface area contributed by atoms with E-state index < -0.39 is 11.4 Å². The van der Waals surface area contributed by atoms with Crippen molar-refractivity contribution in [2.45, 2.75) is 18.4 Å². The van der Waals surface area contributed by atoms with Gasteiger partial charge in [0.1, 0.15) is 6.33 Å². The number of rotatable bonds is 5. The standard InChI is InChI=1S/C18H20N6O/c19-17(25)18(12-23-8-4-5-9-23,15-6-2-1-3-7-15)24-16-14(11-22-24)10-20-13-21-16/h1-3,6-7,10-11,13H,4-5,8-9,12H2,(H2,19,25). The van der Waals surface area contributed by atoms with Crippen molar-refractivity contribution in [2.24, 2.45) is 5.73 Å². The largest absolute Gasteiger partial charge is 0.367 e. The van der Waals surface area contributed by atoms with Crippen LogP contribution in [0, 0.1) is 0 Å². The second kappa shape index (κ2) is 6.25. The first-order chi connectivity index (χ1) is 12.2. The van der Waals surface area contributed by atoms with E-state index in [1.54, 1.807) is 17.1 Å². The molecule has 2 aromatic heterocycles. The van der Waals surface area contributed by atoms with Gasteiger partial charge in [-0.15, -0.1) is 0 Å². The summed E-state index contributed by atoms with van der Waals surface area (Å²) in [4.78, 5) is 23.5. The maximum Gasteiger partial charge on any atom is 0.251 e. The number of likely N-dealkylation sites (tertiary alicyclic amines) is 1. The Morgan fingerprint density at radius 2 is 1.92 bits per heavy atom. The number of fused-ring (bicyclic) bond motifs is 1. The summed E-state index contributed by atoms with van der Waals surface area (Å²) >= 11 is 0. The molecule has 3 heterocycles. The fourth-order valence-corrected chi connectivity index (χ4v) is 3.64. The van der Waals surface area contributed by atoms with Crippen LogP contribution in [0.2, 0.25) is 0 Å². The first-order valence-electron chi connectivity index (χ1n) is 8.44. The molecule has 4 rings (SSSR count). The molecule has 25 heavy (non-hydrogen) atoms. The lowest BCUT2D eigenvalue weighted by atomic mass is 9.88. The van der Waals surface area contributed by atoms with Crippen LogP contribution in [0.3, 0.4) is 0 Å². The molecule has 1 amide bonds. The number of hydrogen-bond donors (Lipinski definition) is 1. The maximum atomic E-state index is 12.8. The number of nitrogens with two attached hydrogens (primary N) is 1. The molecule has 0 spiro atoms. The Kier molecular flexibility index (Phi) is 3.93. The van der Waals surface area contributed by atoms with Gasteiger partial charge in [0, 0.05) is 12.7 Å². The molecule has 1 atom stereocenters. The molecule has 1 aromatic carbocycles. The summed E-state index contributed by atoms with van der Waals surface area (Å²) in [6.07, 6.45) is 7.10. The molecule has 1 aliphatic heterocycles. The summed E-state index contributed by atoms with van der Waals surface area (Å²) in [6.45, 7) is 2.39. The maximum absolute atomic E-state index is 12.8. The average molecular weight is 336 g/mol. The molecule has 1 fully saturated rings. The number of hydrogen-bond acceptors (Lipinski definition) is 5. The zero-order chi connectivity index (χ0) is 17.3. The van der Waals surface area contributed by atoms with E-state index in [0.29, 0.717) is 12.2 Å². The lowest BCUT2D eigenvalue weighted by Crippen LogP contribution is -2.55. The third-order valence-corrected chi connectivity index (χ3v) is 4.90. The normalized spacial score (nSPS) is 17.6. The second-order valence-electron chi connectivity index (χ2n) is 6.43. The summed E-state index contributed by atoms with van der Waals surface area (Å²) in [5.74, 6) is -0.436. The lowest BCUT2D eigenvalue weighted by molar-refractivity contribution is -0.125. The van der Waals surface area contributed by atoms with Gasteiger partial charge in [-0.25, -0.2) is 14.6 Å². The number of benzene rings is 1. The molecular weight excluding hydrogens is 316 g/mol. The second-order valence-corrected chi connectivity index (χ2v) is 6.43. The van der Waals surface area contributed by atoms with Gasteiger partial charge in [-0.3, -0.25) is 4.79 Å². The Labute approximate surface area is 145 Å². The summed E-state index contributed by atoms with van der Waals surface area (Å²) in [6, 6.07) is 9.61. The van der Waals surface area contributed by atoms with Gasteiger partial charge in [-0.2, -0.15) is 5.10 Å². The van der Waals surface area contributed by atoms with Gasteiger partial charge in [-0.05, 0) is 31.5 Å². The summed E-state index contributed by atoms with van der Waals surface area (Å²) in [5, 5.41) is 5.28. The van der Waals surface area contributed by atoms with Crippen LogP contribution in [0.25, 0.3) is 11.0 Å². The molecule has 7 nitrogen and oxygen atoms in total. The van der Waals surface area contributed by atoms with Gasteiger partial charge in [0.2, 0.25) is 0 Å².